The predicted molar refractivity (Wildman–Crippen MR) is 106 cm³/mol. The highest BCUT2D eigenvalue weighted by Gasteiger charge is 2.27. The molecular formula is C22H23F3N2O2. The number of aliphatic hydroxyl groups excluding tert-OH is 1. The van der Waals surface area contributed by atoms with Gasteiger partial charge in [0.25, 0.3) is 0 Å². The second-order valence-electron chi connectivity index (χ2n) is 7.23. The maximum Gasteiger partial charge on any atom is 0.207 e. The molecule has 1 unspecified atom stereocenters. The highest BCUT2D eigenvalue weighted by Crippen LogP contribution is 2.45. The Morgan fingerprint density at radius 2 is 1.86 bits per heavy atom. The number of nitrogens with one attached hydrogen (secondary N) is 2. The van der Waals surface area contributed by atoms with E-state index in [4.69, 9.17) is 5.11 Å². The van der Waals surface area contributed by atoms with Crippen LogP contribution in [0.1, 0.15) is 37.7 Å². The SMILES string of the molecule is CC(O)CNC=O.Fc1ccc(-c2[nH]c3c(F)cc(F)cc3c2C2CCC2)cc1. The van der Waals surface area contributed by atoms with Crippen LogP contribution in [0.2, 0.25) is 0 Å². The van der Waals surface area contributed by atoms with Gasteiger partial charge in [-0.05, 0) is 67.1 Å². The quantitative estimate of drug-likeness (QED) is 0.543. The van der Waals surface area contributed by atoms with Crippen LogP contribution in [-0.2, 0) is 4.79 Å². The zero-order valence-electron chi connectivity index (χ0n) is 16.0. The van der Waals surface area contributed by atoms with Gasteiger partial charge in [0.15, 0.2) is 0 Å². The van der Waals surface area contributed by atoms with Gasteiger partial charge in [0.05, 0.1) is 17.3 Å². The molecule has 0 aliphatic heterocycles. The van der Waals surface area contributed by atoms with E-state index in [2.05, 4.69) is 10.3 Å². The van der Waals surface area contributed by atoms with E-state index < -0.39 is 17.7 Å². The number of hydrogen-bond acceptors (Lipinski definition) is 2. The molecule has 1 aliphatic carbocycles. The molecular weight excluding hydrogens is 381 g/mol. The zero-order valence-corrected chi connectivity index (χ0v) is 16.0. The first-order valence-corrected chi connectivity index (χ1v) is 9.52. The summed E-state index contributed by atoms with van der Waals surface area (Å²) < 4.78 is 40.8. The van der Waals surface area contributed by atoms with Gasteiger partial charge < -0.3 is 15.4 Å². The van der Waals surface area contributed by atoms with Crippen molar-refractivity contribution in [2.45, 2.75) is 38.2 Å². The van der Waals surface area contributed by atoms with Gasteiger partial charge in [0.2, 0.25) is 6.41 Å². The number of carbonyl (C=O) groups is 1. The standard InChI is InChI=1S/C18H14F3N.C4H9NO2/c19-12-6-4-11(5-7-12)17-16(10-2-1-3-10)14-8-13(20)9-15(21)18(14)22-17;1-4(7)2-5-3-6/h4-10,22H,1-3H2;3-4,7H,2H2,1H3,(H,5,6). The Balaban J connectivity index is 0.000000298. The lowest BCUT2D eigenvalue weighted by Gasteiger charge is -2.26. The summed E-state index contributed by atoms with van der Waals surface area (Å²) in [5.41, 5.74) is 2.83. The third kappa shape index (κ3) is 4.79. The molecule has 0 spiro atoms. The summed E-state index contributed by atoms with van der Waals surface area (Å²) in [6.07, 6.45) is 3.27. The van der Waals surface area contributed by atoms with E-state index in [0.29, 0.717) is 29.8 Å². The largest absolute Gasteiger partial charge is 0.392 e. The number of hydrogen-bond donors (Lipinski definition) is 3. The molecule has 0 bridgehead atoms. The van der Waals surface area contributed by atoms with E-state index in [-0.39, 0.29) is 5.82 Å². The summed E-state index contributed by atoms with van der Waals surface area (Å²) in [6, 6.07) is 8.35. The summed E-state index contributed by atoms with van der Waals surface area (Å²) >= 11 is 0. The lowest BCUT2D eigenvalue weighted by Crippen LogP contribution is -2.22. The van der Waals surface area contributed by atoms with Crippen LogP contribution in [0.25, 0.3) is 22.2 Å². The highest BCUT2D eigenvalue weighted by molar-refractivity contribution is 5.92. The van der Waals surface area contributed by atoms with E-state index in [1.165, 1.54) is 18.2 Å². The molecule has 154 valence electrons. The average molecular weight is 404 g/mol. The Bertz CT molecular complexity index is 980. The van der Waals surface area contributed by atoms with Gasteiger partial charge in [-0.15, -0.1) is 0 Å². The molecule has 1 atom stereocenters. The minimum absolute atomic E-state index is 0.301. The number of aromatic amines is 1. The van der Waals surface area contributed by atoms with Crippen LogP contribution >= 0.6 is 0 Å². The van der Waals surface area contributed by atoms with Crippen LogP contribution in [0.5, 0.6) is 0 Å². The number of halogens is 3. The van der Waals surface area contributed by atoms with Gasteiger partial charge in [0, 0.05) is 18.0 Å². The first-order chi connectivity index (χ1) is 13.9. The number of fused-ring (bicyclic) bond motifs is 1. The van der Waals surface area contributed by atoms with Gasteiger partial charge >= 0.3 is 0 Å². The zero-order chi connectivity index (χ0) is 21.0. The fourth-order valence-electron chi connectivity index (χ4n) is 3.42. The Labute approximate surface area is 166 Å². The van der Waals surface area contributed by atoms with Crippen LogP contribution < -0.4 is 5.32 Å². The summed E-state index contributed by atoms with van der Waals surface area (Å²) in [6.45, 7) is 1.94. The second-order valence-corrected chi connectivity index (χ2v) is 7.23. The minimum atomic E-state index is -0.594. The summed E-state index contributed by atoms with van der Waals surface area (Å²) in [4.78, 5) is 12.6. The summed E-state index contributed by atoms with van der Waals surface area (Å²) in [5, 5.41) is 11.4. The van der Waals surface area contributed by atoms with Gasteiger partial charge in [-0.1, -0.05) is 6.42 Å². The third-order valence-corrected chi connectivity index (χ3v) is 5.01. The first-order valence-electron chi connectivity index (χ1n) is 9.52. The van der Waals surface area contributed by atoms with Crippen molar-refractivity contribution in [1.82, 2.24) is 10.3 Å². The van der Waals surface area contributed by atoms with Gasteiger partial charge in [-0.3, -0.25) is 4.79 Å². The van der Waals surface area contributed by atoms with Gasteiger partial charge in [0.1, 0.15) is 17.5 Å². The normalized spacial score (nSPS) is 14.7. The van der Waals surface area contributed by atoms with Gasteiger partial charge in [-0.25, -0.2) is 13.2 Å². The minimum Gasteiger partial charge on any atom is -0.392 e. The number of benzene rings is 2. The van der Waals surface area contributed by atoms with E-state index >= 15 is 0 Å². The van der Waals surface area contributed by atoms with Gasteiger partial charge in [-0.2, -0.15) is 0 Å². The monoisotopic (exact) mass is 404 g/mol. The molecule has 1 aromatic heterocycles. The van der Waals surface area contributed by atoms with E-state index in [1.54, 1.807) is 19.1 Å². The molecule has 1 aliphatic rings. The van der Waals surface area contributed by atoms with Crippen LogP contribution in [0.3, 0.4) is 0 Å². The van der Waals surface area contributed by atoms with Crippen molar-refractivity contribution in [3.63, 3.8) is 0 Å². The maximum absolute atomic E-state index is 14.1. The number of H-pyrrole nitrogens is 1. The number of aromatic nitrogens is 1. The Hall–Kier alpha value is -2.80. The molecule has 3 N–H and O–H groups in total. The second kappa shape index (κ2) is 9.13. The summed E-state index contributed by atoms with van der Waals surface area (Å²) in [7, 11) is 0. The van der Waals surface area contributed by atoms with Crippen molar-refractivity contribution in [2.24, 2.45) is 0 Å². The van der Waals surface area contributed by atoms with Crippen molar-refractivity contribution < 1.29 is 23.1 Å². The average Bonchev–Trinajstić information content (AvgIpc) is 2.99. The lowest BCUT2D eigenvalue weighted by molar-refractivity contribution is -0.109. The molecule has 0 saturated heterocycles. The van der Waals surface area contributed by atoms with Crippen LogP contribution in [0.4, 0.5) is 13.2 Å². The molecule has 1 amide bonds. The highest BCUT2D eigenvalue weighted by atomic mass is 19.1. The van der Waals surface area contributed by atoms with E-state index in [0.717, 1.165) is 42.1 Å². The van der Waals surface area contributed by atoms with Crippen LogP contribution in [0, 0.1) is 17.5 Å². The fraction of sp³-hybridized carbons (Fsp3) is 0.318. The summed E-state index contributed by atoms with van der Waals surface area (Å²) in [5.74, 6) is -1.18. The Morgan fingerprint density at radius 1 is 1.17 bits per heavy atom. The number of carbonyl (C=O) groups excluding carboxylic acids is 1. The lowest BCUT2D eigenvalue weighted by atomic mass is 9.78. The van der Waals surface area contributed by atoms with E-state index in [9.17, 15) is 18.0 Å². The van der Waals surface area contributed by atoms with E-state index in [1.807, 2.05) is 0 Å². The van der Waals surface area contributed by atoms with Crippen molar-refractivity contribution in [3.8, 4) is 11.3 Å². The third-order valence-electron chi connectivity index (χ3n) is 5.01. The van der Waals surface area contributed by atoms with Crippen molar-refractivity contribution >= 4 is 17.3 Å². The number of rotatable bonds is 5. The smallest absolute Gasteiger partial charge is 0.207 e. The van der Waals surface area contributed by atoms with Crippen LogP contribution in [0.15, 0.2) is 36.4 Å². The molecule has 4 rings (SSSR count). The molecule has 4 nitrogen and oxygen atoms in total. The maximum atomic E-state index is 14.1. The Morgan fingerprint density at radius 3 is 2.38 bits per heavy atom. The molecule has 3 aromatic rings. The fourth-order valence-corrected chi connectivity index (χ4v) is 3.42. The van der Waals surface area contributed by atoms with Crippen molar-refractivity contribution in [3.05, 3.63) is 59.4 Å². The molecule has 1 heterocycles. The molecule has 7 heteroatoms. The molecule has 2 aromatic carbocycles. The molecule has 1 fully saturated rings. The number of amides is 1. The topological polar surface area (TPSA) is 65.1 Å². The molecule has 1 saturated carbocycles. The molecule has 0 radical (unpaired) electrons. The van der Waals surface area contributed by atoms with Crippen molar-refractivity contribution in [1.29, 1.82) is 0 Å². The van der Waals surface area contributed by atoms with Crippen molar-refractivity contribution in [2.75, 3.05) is 6.54 Å². The Kier molecular flexibility index (Phi) is 6.59. The predicted octanol–water partition coefficient (Wildman–Crippen LogP) is 4.63. The first kappa shape index (κ1) is 20.9. The number of aliphatic hydroxyl groups is 1. The van der Waals surface area contributed by atoms with Crippen LogP contribution in [-0.4, -0.2) is 29.1 Å². The molecule has 29 heavy (non-hydrogen) atoms.